The maximum Gasteiger partial charge on any atom is 0.258 e. The second-order valence-corrected chi connectivity index (χ2v) is 7.23. The van der Waals surface area contributed by atoms with E-state index < -0.39 is 0 Å². The van der Waals surface area contributed by atoms with Gasteiger partial charge in [0.1, 0.15) is 17.2 Å². The first-order valence-corrected chi connectivity index (χ1v) is 8.08. The third-order valence-electron chi connectivity index (χ3n) is 4.01. The number of hydrogen-bond donors (Lipinski definition) is 1. The molecule has 0 radical (unpaired) electrons. The fourth-order valence-corrected chi connectivity index (χ4v) is 2.63. The minimum absolute atomic E-state index is 0.0559. The highest BCUT2D eigenvalue weighted by Gasteiger charge is 2.30. The first kappa shape index (κ1) is 18.1. The molecular weight excluding hydrogens is 306 g/mol. The minimum atomic E-state index is -0.224. The Hall–Kier alpha value is -2.24. The summed E-state index contributed by atoms with van der Waals surface area (Å²) >= 11 is 0. The van der Waals surface area contributed by atoms with Crippen molar-refractivity contribution in [3.8, 4) is 5.75 Å². The molecule has 0 unspecified atom stereocenters. The fourth-order valence-electron chi connectivity index (χ4n) is 2.63. The number of carbonyl (C=O) groups excluding carboxylic acids is 1. The molecule has 6 nitrogen and oxygen atoms in total. The van der Waals surface area contributed by atoms with Crippen LogP contribution in [0.15, 0.2) is 16.5 Å². The van der Waals surface area contributed by atoms with E-state index in [0.717, 1.165) is 22.9 Å². The Morgan fingerprint density at radius 2 is 2.00 bits per heavy atom. The third kappa shape index (κ3) is 3.99. The lowest BCUT2D eigenvalue weighted by molar-refractivity contribution is -0.124. The Labute approximate surface area is 143 Å². The van der Waals surface area contributed by atoms with Gasteiger partial charge in [0.2, 0.25) is 0 Å². The highest BCUT2D eigenvalue weighted by molar-refractivity contribution is 5.78. The van der Waals surface area contributed by atoms with Crippen LogP contribution in [0.3, 0.4) is 0 Å². The smallest absolute Gasteiger partial charge is 0.258 e. The van der Waals surface area contributed by atoms with Crippen LogP contribution in [0, 0.1) is 26.2 Å². The molecule has 2 heterocycles. The largest absolute Gasteiger partial charge is 0.480 e. The second kappa shape index (κ2) is 6.71. The lowest BCUT2D eigenvalue weighted by Crippen LogP contribution is -2.39. The summed E-state index contributed by atoms with van der Waals surface area (Å²) in [6.07, 6.45) is 0. The molecular formula is C18H27N3O3. The summed E-state index contributed by atoms with van der Waals surface area (Å²) in [5.41, 5.74) is 1.49. The average molecular weight is 333 g/mol. The molecule has 2 aromatic rings. The Balaban J connectivity index is 2.06. The van der Waals surface area contributed by atoms with Gasteiger partial charge in [0, 0.05) is 7.05 Å². The standard InChI is InChI=1S/C18H27N3O3/c1-11-8-9-14(24-11)17(18(4,5)6)19-15(22)10-23-16-12(2)20-21(7)13(16)3/h8-9,17H,10H2,1-7H3,(H,19,22)/t17-/m1/s1. The van der Waals surface area contributed by atoms with E-state index in [1.165, 1.54) is 0 Å². The van der Waals surface area contributed by atoms with Crippen molar-refractivity contribution in [2.24, 2.45) is 12.5 Å². The number of amides is 1. The molecule has 0 saturated carbocycles. The molecule has 1 amide bonds. The van der Waals surface area contributed by atoms with Crippen LogP contribution in [0.2, 0.25) is 0 Å². The summed E-state index contributed by atoms with van der Waals surface area (Å²) in [5.74, 6) is 2.05. The van der Waals surface area contributed by atoms with Gasteiger partial charge >= 0.3 is 0 Å². The molecule has 132 valence electrons. The first-order chi connectivity index (χ1) is 11.1. The van der Waals surface area contributed by atoms with Crippen LogP contribution in [0.5, 0.6) is 5.75 Å². The molecule has 2 rings (SSSR count). The van der Waals surface area contributed by atoms with Crippen LogP contribution >= 0.6 is 0 Å². The summed E-state index contributed by atoms with van der Waals surface area (Å²) in [6, 6.07) is 3.58. The van der Waals surface area contributed by atoms with E-state index >= 15 is 0 Å². The van der Waals surface area contributed by atoms with Gasteiger partial charge in [-0.25, -0.2) is 0 Å². The topological polar surface area (TPSA) is 69.3 Å². The van der Waals surface area contributed by atoms with Gasteiger partial charge in [-0.3, -0.25) is 9.48 Å². The molecule has 0 spiro atoms. The van der Waals surface area contributed by atoms with E-state index in [-0.39, 0.29) is 24.0 Å². The fraction of sp³-hybridized carbons (Fsp3) is 0.556. The molecule has 0 saturated heterocycles. The molecule has 24 heavy (non-hydrogen) atoms. The summed E-state index contributed by atoms with van der Waals surface area (Å²) in [6.45, 7) is 11.8. The van der Waals surface area contributed by atoms with Crippen molar-refractivity contribution in [2.75, 3.05) is 6.61 Å². The SMILES string of the molecule is Cc1ccc([C@@H](NC(=O)COc2c(C)nn(C)c2C)C(C)(C)C)o1. The maximum atomic E-state index is 12.4. The van der Waals surface area contributed by atoms with Crippen molar-refractivity contribution >= 4 is 5.91 Å². The van der Waals surface area contributed by atoms with Crippen LogP contribution in [0.25, 0.3) is 0 Å². The normalized spacial score (nSPS) is 13.0. The summed E-state index contributed by atoms with van der Waals surface area (Å²) in [5, 5.41) is 7.30. The van der Waals surface area contributed by atoms with Gasteiger partial charge in [-0.1, -0.05) is 20.8 Å². The Morgan fingerprint density at radius 3 is 2.46 bits per heavy atom. The third-order valence-corrected chi connectivity index (χ3v) is 4.01. The highest BCUT2D eigenvalue weighted by Crippen LogP contribution is 2.33. The summed E-state index contributed by atoms with van der Waals surface area (Å²) < 4.78 is 13.1. The highest BCUT2D eigenvalue weighted by atomic mass is 16.5. The van der Waals surface area contributed by atoms with Gasteiger partial charge in [0.25, 0.3) is 5.91 Å². The molecule has 0 aliphatic rings. The zero-order valence-electron chi connectivity index (χ0n) is 15.6. The number of ether oxygens (including phenoxy) is 1. The Bertz CT molecular complexity index is 722. The van der Waals surface area contributed by atoms with Crippen LogP contribution in [0.1, 0.15) is 49.7 Å². The molecule has 0 aliphatic heterocycles. The van der Waals surface area contributed by atoms with Crippen molar-refractivity contribution in [1.82, 2.24) is 15.1 Å². The summed E-state index contributed by atoms with van der Waals surface area (Å²) in [7, 11) is 1.85. The van der Waals surface area contributed by atoms with Gasteiger partial charge in [-0.15, -0.1) is 0 Å². The number of rotatable bonds is 5. The molecule has 2 aromatic heterocycles. The second-order valence-electron chi connectivity index (χ2n) is 7.23. The Morgan fingerprint density at radius 1 is 1.33 bits per heavy atom. The molecule has 0 aliphatic carbocycles. The van der Waals surface area contributed by atoms with Crippen LogP contribution in [0.4, 0.5) is 0 Å². The number of carbonyl (C=O) groups is 1. The Kier molecular flexibility index (Phi) is 5.06. The van der Waals surface area contributed by atoms with Crippen LogP contribution in [-0.2, 0) is 11.8 Å². The molecule has 0 fully saturated rings. The number of hydrogen-bond acceptors (Lipinski definition) is 4. The lowest BCUT2D eigenvalue weighted by atomic mass is 9.85. The van der Waals surface area contributed by atoms with Gasteiger partial charge in [0.05, 0.1) is 11.7 Å². The van der Waals surface area contributed by atoms with Gasteiger partial charge in [-0.2, -0.15) is 5.10 Å². The molecule has 1 atom stereocenters. The minimum Gasteiger partial charge on any atom is -0.480 e. The number of aryl methyl sites for hydroxylation is 3. The van der Waals surface area contributed by atoms with Crippen molar-refractivity contribution in [1.29, 1.82) is 0 Å². The van der Waals surface area contributed by atoms with Crippen molar-refractivity contribution in [2.45, 2.75) is 47.6 Å². The molecule has 0 aromatic carbocycles. The quantitative estimate of drug-likeness (QED) is 0.912. The maximum absolute atomic E-state index is 12.4. The monoisotopic (exact) mass is 333 g/mol. The van der Waals surface area contributed by atoms with Crippen molar-refractivity contribution in [3.63, 3.8) is 0 Å². The molecule has 0 bridgehead atoms. The van der Waals surface area contributed by atoms with Crippen LogP contribution < -0.4 is 10.1 Å². The first-order valence-electron chi connectivity index (χ1n) is 8.08. The van der Waals surface area contributed by atoms with Crippen molar-refractivity contribution < 1.29 is 13.9 Å². The van der Waals surface area contributed by atoms with Gasteiger partial charge in [0.15, 0.2) is 12.4 Å². The van der Waals surface area contributed by atoms with Gasteiger partial charge < -0.3 is 14.5 Å². The zero-order valence-corrected chi connectivity index (χ0v) is 15.6. The van der Waals surface area contributed by atoms with Crippen LogP contribution in [-0.4, -0.2) is 22.3 Å². The number of furan rings is 1. The lowest BCUT2D eigenvalue weighted by Gasteiger charge is -2.29. The van der Waals surface area contributed by atoms with E-state index in [4.69, 9.17) is 9.15 Å². The predicted molar refractivity (Wildman–Crippen MR) is 92.0 cm³/mol. The van der Waals surface area contributed by atoms with E-state index in [1.54, 1.807) is 4.68 Å². The number of nitrogens with zero attached hydrogens (tertiary/aromatic N) is 2. The van der Waals surface area contributed by atoms with Crippen molar-refractivity contribution in [3.05, 3.63) is 35.0 Å². The number of aromatic nitrogens is 2. The molecule has 1 N–H and O–H groups in total. The predicted octanol–water partition coefficient (Wildman–Crippen LogP) is 3.22. The van der Waals surface area contributed by atoms with E-state index in [2.05, 4.69) is 31.2 Å². The molecule has 6 heteroatoms. The van der Waals surface area contributed by atoms with E-state index in [0.29, 0.717) is 5.75 Å². The van der Waals surface area contributed by atoms with E-state index in [1.807, 2.05) is 40.0 Å². The summed E-state index contributed by atoms with van der Waals surface area (Å²) in [4.78, 5) is 12.4. The van der Waals surface area contributed by atoms with E-state index in [9.17, 15) is 4.79 Å². The average Bonchev–Trinajstić information content (AvgIpc) is 2.98. The number of nitrogens with one attached hydrogen (secondary N) is 1. The zero-order chi connectivity index (χ0) is 18.1. The van der Waals surface area contributed by atoms with Gasteiger partial charge in [-0.05, 0) is 38.3 Å².